The second kappa shape index (κ2) is 3.52. The monoisotopic (exact) mass is 219 g/mol. The van der Waals surface area contributed by atoms with Crippen molar-refractivity contribution in [2.45, 2.75) is 19.4 Å². The Morgan fingerprint density at radius 1 is 1.31 bits per heavy atom. The Morgan fingerprint density at radius 2 is 2.00 bits per heavy atom. The number of nitrogens with zero attached hydrogens (tertiary/aromatic N) is 1. The van der Waals surface area contributed by atoms with Crippen molar-refractivity contribution < 1.29 is 9.84 Å². The summed E-state index contributed by atoms with van der Waals surface area (Å²) in [6.45, 7) is 3.59. The molecule has 1 heterocycles. The summed E-state index contributed by atoms with van der Waals surface area (Å²) in [6, 6.07) is 5.87. The third kappa shape index (κ3) is 1.57. The second-order valence-corrected chi connectivity index (χ2v) is 4.57. The minimum Gasteiger partial charge on any atom is -0.495 e. The van der Waals surface area contributed by atoms with Gasteiger partial charge in [0.05, 0.1) is 18.2 Å². The molecule has 1 aromatic carbocycles. The van der Waals surface area contributed by atoms with Crippen LogP contribution in [0.2, 0.25) is 0 Å². The number of aliphatic hydroxyl groups is 1. The van der Waals surface area contributed by atoms with Gasteiger partial charge in [0.2, 0.25) is 0 Å². The van der Waals surface area contributed by atoms with Gasteiger partial charge in [0.25, 0.3) is 0 Å². The van der Waals surface area contributed by atoms with Gasteiger partial charge in [-0.25, -0.2) is 0 Å². The van der Waals surface area contributed by atoms with Gasteiger partial charge in [0, 0.05) is 24.2 Å². The molecule has 86 valence electrons. The van der Waals surface area contributed by atoms with E-state index in [-0.39, 0.29) is 0 Å². The third-order valence-electron chi connectivity index (χ3n) is 2.84. The first-order valence-corrected chi connectivity index (χ1v) is 5.30. The molecule has 0 spiro atoms. The van der Waals surface area contributed by atoms with Gasteiger partial charge in [-0.05, 0) is 19.9 Å². The summed E-state index contributed by atoms with van der Waals surface area (Å²) in [5.74, 6) is 0.829. The summed E-state index contributed by atoms with van der Waals surface area (Å²) < 4.78 is 7.32. The number of rotatable bonds is 2. The van der Waals surface area contributed by atoms with Gasteiger partial charge in [-0.15, -0.1) is 0 Å². The van der Waals surface area contributed by atoms with E-state index in [1.165, 1.54) is 0 Å². The van der Waals surface area contributed by atoms with Crippen LogP contribution in [0.3, 0.4) is 0 Å². The van der Waals surface area contributed by atoms with Gasteiger partial charge in [-0.1, -0.05) is 12.1 Å². The van der Waals surface area contributed by atoms with E-state index in [0.717, 1.165) is 22.2 Å². The van der Waals surface area contributed by atoms with E-state index in [1.54, 1.807) is 21.0 Å². The number of ether oxygens (including phenoxy) is 1. The molecule has 0 aliphatic heterocycles. The molecule has 16 heavy (non-hydrogen) atoms. The van der Waals surface area contributed by atoms with Gasteiger partial charge >= 0.3 is 0 Å². The molecular formula is C13H17NO2. The molecule has 2 aromatic rings. The molecule has 0 saturated heterocycles. The number of benzene rings is 1. The quantitative estimate of drug-likeness (QED) is 0.841. The van der Waals surface area contributed by atoms with E-state index in [2.05, 4.69) is 0 Å². The van der Waals surface area contributed by atoms with E-state index in [4.69, 9.17) is 4.74 Å². The summed E-state index contributed by atoms with van der Waals surface area (Å²) in [5.41, 5.74) is 1.09. The average molecular weight is 219 g/mol. The van der Waals surface area contributed by atoms with Gasteiger partial charge in [0.1, 0.15) is 5.75 Å². The maximum absolute atomic E-state index is 10.1. The molecule has 1 aromatic heterocycles. The highest BCUT2D eigenvalue weighted by Gasteiger charge is 2.22. The van der Waals surface area contributed by atoms with Crippen molar-refractivity contribution in [1.29, 1.82) is 0 Å². The van der Waals surface area contributed by atoms with Crippen LogP contribution in [-0.2, 0) is 12.6 Å². The van der Waals surface area contributed by atoms with Crippen molar-refractivity contribution in [3.63, 3.8) is 0 Å². The molecule has 3 heteroatoms. The van der Waals surface area contributed by atoms with Crippen molar-refractivity contribution in [2.75, 3.05) is 7.11 Å². The maximum Gasteiger partial charge on any atom is 0.143 e. The summed E-state index contributed by atoms with van der Waals surface area (Å²) in [5, 5.41) is 11.1. The lowest BCUT2D eigenvalue weighted by Gasteiger charge is -2.16. The number of methoxy groups -OCH3 is 1. The highest BCUT2D eigenvalue weighted by atomic mass is 16.5. The zero-order chi connectivity index (χ0) is 11.9. The standard InChI is InChI=1S/C13H17NO2/c1-13(2,15)10-8-14(3)12-9(10)6-5-7-11(12)16-4/h5-8,15H,1-4H3. The number of hydrogen-bond donors (Lipinski definition) is 1. The van der Waals surface area contributed by atoms with Crippen LogP contribution in [0.15, 0.2) is 24.4 Å². The van der Waals surface area contributed by atoms with Gasteiger partial charge < -0.3 is 14.4 Å². The molecular weight excluding hydrogens is 202 g/mol. The highest BCUT2D eigenvalue weighted by Crippen LogP contribution is 2.34. The Kier molecular flexibility index (Phi) is 2.43. The fourth-order valence-corrected chi connectivity index (χ4v) is 2.08. The van der Waals surface area contributed by atoms with Crippen LogP contribution in [0.25, 0.3) is 10.9 Å². The normalized spacial score (nSPS) is 12.1. The summed E-state index contributed by atoms with van der Waals surface area (Å²) in [6.07, 6.45) is 1.95. The van der Waals surface area contributed by atoms with Crippen LogP contribution in [0.1, 0.15) is 19.4 Å². The Morgan fingerprint density at radius 3 is 2.56 bits per heavy atom. The number of para-hydroxylation sites is 1. The van der Waals surface area contributed by atoms with Crippen molar-refractivity contribution in [1.82, 2.24) is 4.57 Å². The van der Waals surface area contributed by atoms with Crippen LogP contribution in [-0.4, -0.2) is 16.8 Å². The summed E-state index contributed by atoms with van der Waals surface area (Å²) in [4.78, 5) is 0. The van der Waals surface area contributed by atoms with Crippen molar-refractivity contribution in [2.24, 2.45) is 7.05 Å². The van der Waals surface area contributed by atoms with Crippen LogP contribution in [0.4, 0.5) is 0 Å². The first kappa shape index (κ1) is 11.0. The van der Waals surface area contributed by atoms with Crippen LogP contribution in [0, 0.1) is 0 Å². The third-order valence-corrected chi connectivity index (χ3v) is 2.84. The largest absolute Gasteiger partial charge is 0.495 e. The average Bonchev–Trinajstić information content (AvgIpc) is 2.56. The van der Waals surface area contributed by atoms with E-state index in [0.29, 0.717) is 0 Å². The van der Waals surface area contributed by atoms with E-state index >= 15 is 0 Å². The lowest BCUT2D eigenvalue weighted by atomic mass is 9.98. The van der Waals surface area contributed by atoms with Crippen LogP contribution in [0.5, 0.6) is 5.75 Å². The molecule has 0 radical (unpaired) electrons. The maximum atomic E-state index is 10.1. The zero-order valence-electron chi connectivity index (χ0n) is 10.1. The topological polar surface area (TPSA) is 34.4 Å². The minimum absolute atomic E-state index is 0.829. The van der Waals surface area contributed by atoms with Crippen LogP contribution < -0.4 is 4.74 Å². The lowest BCUT2D eigenvalue weighted by Crippen LogP contribution is -2.14. The molecule has 0 bridgehead atoms. The Balaban J connectivity index is 2.82. The van der Waals surface area contributed by atoms with Crippen LogP contribution >= 0.6 is 0 Å². The summed E-state index contributed by atoms with van der Waals surface area (Å²) in [7, 11) is 3.62. The number of aryl methyl sites for hydroxylation is 1. The van der Waals surface area contributed by atoms with Crippen molar-refractivity contribution in [3.8, 4) is 5.75 Å². The highest BCUT2D eigenvalue weighted by molar-refractivity contribution is 5.89. The summed E-state index contributed by atoms with van der Waals surface area (Å²) >= 11 is 0. The van der Waals surface area contributed by atoms with Crippen molar-refractivity contribution in [3.05, 3.63) is 30.0 Å². The van der Waals surface area contributed by atoms with E-state index in [1.807, 2.05) is 36.0 Å². The number of aromatic nitrogens is 1. The second-order valence-electron chi connectivity index (χ2n) is 4.57. The van der Waals surface area contributed by atoms with E-state index < -0.39 is 5.60 Å². The number of hydrogen-bond acceptors (Lipinski definition) is 2. The van der Waals surface area contributed by atoms with Gasteiger partial charge in [0.15, 0.2) is 0 Å². The molecule has 1 N–H and O–H groups in total. The predicted octanol–water partition coefficient (Wildman–Crippen LogP) is 2.41. The molecule has 3 nitrogen and oxygen atoms in total. The fourth-order valence-electron chi connectivity index (χ4n) is 2.08. The molecule has 0 aliphatic rings. The molecule has 0 atom stereocenters. The fraction of sp³-hybridized carbons (Fsp3) is 0.385. The Labute approximate surface area is 95.3 Å². The Bertz CT molecular complexity index is 520. The van der Waals surface area contributed by atoms with Crippen molar-refractivity contribution >= 4 is 10.9 Å². The molecule has 0 saturated carbocycles. The predicted molar refractivity (Wildman–Crippen MR) is 64.7 cm³/mol. The smallest absolute Gasteiger partial charge is 0.143 e. The Hall–Kier alpha value is -1.48. The lowest BCUT2D eigenvalue weighted by molar-refractivity contribution is 0.0800. The first-order chi connectivity index (χ1) is 7.45. The number of fused-ring (bicyclic) bond motifs is 1. The SMILES string of the molecule is COc1cccc2c(C(C)(C)O)cn(C)c12. The molecule has 0 fully saturated rings. The molecule has 2 rings (SSSR count). The molecule has 0 unspecified atom stereocenters. The van der Waals surface area contributed by atoms with Gasteiger partial charge in [-0.2, -0.15) is 0 Å². The van der Waals surface area contributed by atoms with Gasteiger partial charge in [-0.3, -0.25) is 0 Å². The molecule has 0 aliphatic carbocycles. The minimum atomic E-state index is -0.841. The van der Waals surface area contributed by atoms with E-state index in [9.17, 15) is 5.11 Å². The first-order valence-electron chi connectivity index (χ1n) is 5.30. The molecule has 0 amide bonds. The zero-order valence-corrected chi connectivity index (χ0v) is 10.1.